The fourth-order valence-electron chi connectivity index (χ4n) is 8.11. The van der Waals surface area contributed by atoms with E-state index in [1.54, 1.807) is 0 Å². The number of allylic oxidation sites excluding steroid dienone is 12. The number of hydrogen-bond acceptors (Lipinski definition) is 5. The lowest BCUT2D eigenvalue weighted by atomic mass is 10.0. The van der Waals surface area contributed by atoms with Crippen molar-refractivity contribution >= 4 is 11.9 Å². The van der Waals surface area contributed by atoms with E-state index in [1.165, 1.54) is 122 Å². The number of nitrogens with one attached hydrogen (secondary N) is 1. The maximum atomic E-state index is 13.2. The number of aliphatic hydroxyl groups is 2. The minimum atomic E-state index is -0.804. The number of amides is 1. The lowest BCUT2D eigenvalue weighted by Gasteiger charge is -2.24. The molecular weight excluding hydrogens is 803 g/mol. The molecule has 0 spiro atoms. The van der Waals surface area contributed by atoms with Gasteiger partial charge in [-0.05, 0) is 89.9 Å². The number of unbranched alkanes of at least 4 members (excludes halogenated alkanes) is 25. The van der Waals surface area contributed by atoms with Gasteiger partial charge in [0.1, 0.15) is 6.10 Å². The highest BCUT2D eigenvalue weighted by atomic mass is 16.5. The van der Waals surface area contributed by atoms with Gasteiger partial charge in [-0.15, -0.1) is 0 Å². The third kappa shape index (κ3) is 47.6. The molecule has 0 heterocycles. The molecule has 0 aliphatic heterocycles. The molecule has 0 saturated heterocycles. The minimum Gasteiger partial charge on any atom is -0.462 e. The van der Waals surface area contributed by atoms with Gasteiger partial charge in [-0.3, -0.25) is 9.59 Å². The zero-order valence-corrected chi connectivity index (χ0v) is 42.9. The fraction of sp³-hybridized carbons (Fsp3) is 0.763. The standard InChI is InChI=1S/C59H105NO5/c1-4-7-10-13-16-19-22-25-27-29-31-34-37-40-43-46-49-52-59(64)65-55(50-47-44-41-38-35-33-30-28-26-23-20-17-14-11-8-5-2)53-58(63)60-56(54-61)57(62)51-48-45-42-39-36-32-24-21-18-15-12-9-6-3/h7,10,16,19,25,27,31,33-35,40,43,55-57,61-62H,4-6,8-9,11-15,17-18,20-24,26,28-30,32,36-39,41-42,44-54H2,1-3H3,(H,60,63)/b10-7-,19-16-,27-25-,34-31-,35-33+,43-40-. The highest BCUT2D eigenvalue weighted by Gasteiger charge is 2.24. The molecule has 376 valence electrons. The van der Waals surface area contributed by atoms with E-state index in [2.05, 4.69) is 99.0 Å². The van der Waals surface area contributed by atoms with Crippen molar-refractivity contribution in [2.24, 2.45) is 0 Å². The third-order valence-electron chi connectivity index (χ3n) is 12.3. The maximum absolute atomic E-state index is 13.2. The molecule has 0 aliphatic rings. The molecule has 0 aromatic heterocycles. The van der Waals surface area contributed by atoms with E-state index in [4.69, 9.17) is 4.74 Å². The number of carbonyl (C=O) groups is 2. The van der Waals surface area contributed by atoms with Crippen LogP contribution in [0, 0.1) is 0 Å². The van der Waals surface area contributed by atoms with Crippen LogP contribution in [0.25, 0.3) is 0 Å². The first kappa shape index (κ1) is 62.3. The van der Waals surface area contributed by atoms with Crippen molar-refractivity contribution < 1.29 is 24.5 Å². The van der Waals surface area contributed by atoms with Crippen molar-refractivity contribution in [1.82, 2.24) is 5.32 Å². The SMILES string of the molecule is CC/C=C\C/C=C\C/C=C\C/C=C\C/C=C\CCCC(=O)OC(CCCCC/C=C/CCCCCCCCCCC)CC(=O)NC(CO)C(O)CCCCCCCCCCCCCCC. The Bertz CT molecular complexity index is 1200. The average Bonchev–Trinajstić information content (AvgIpc) is 3.30. The lowest BCUT2D eigenvalue weighted by molar-refractivity contribution is -0.151. The molecule has 65 heavy (non-hydrogen) atoms. The van der Waals surface area contributed by atoms with Crippen LogP contribution in [0.5, 0.6) is 0 Å². The second-order valence-electron chi connectivity index (χ2n) is 18.6. The molecule has 0 radical (unpaired) electrons. The highest BCUT2D eigenvalue weighted by Crippen LogP contribution is 2.17. The maximum Gasteiger partial charge on any atom is 0.306 e. The van der Waals surface area contributed by atoms with E-state index < -0.39 is 18.2 Å². The first-order valence-electron chi connectivity index (χ1n) is 27.7. The predicted octanol–water partition coefficient (Wildman–Crippen LogP) is 17.0. The molecule has 0 rings (SSSR count). The smallest absolute Gasteiger partial charge is 0.306 e. The van der Waals surface area contributed by atoms with Gasteiger partial charge in [-0.1, -0.05) is 235 Å². The van der Waals surface area contributed by atoms with Crippen molar-refractivity contribution in [2.75, 3.05) is 6.61 Å². The normalized spacial score (nSPS) is 13.7. The topological polar surface area (TPSA) is 95.9 Å². The van der Waals surface area contributed by atoms with E-state index in [0.717, 1.165) is 89.9 Å². The number of carbonyl (C=O) groups excluding carboxylic acids is 2. The molecule has 6 heteroatoms. The summed E-state index contributed by atoms with van der Waals surface area (Å²) in [6.45, 7) is 6.37. The molecule has 1 amide bonds. The third-order valence-corrected chi connectivity index (χ3v) is 12.3. The molecule has 0 aromatic rings. The lowest BCUT2D eigenvalue weighted by Crippen LogP contribution is -2.46. The van der Waals surface area contributed by atoms with E-state index in [-0.39, 0.29) is 24.9 Å². The molecule has 3 atom stereocenters. The molecule has 0 saturated carbocycles. The van der Waals surface area contributed by atoms with E-state index >= 15 is 0 Å². The van der Waals surface area contributed by atoms with Crippen LogP contribution in [0.15, 0.2) is 72.9 Å². The van der Waals surface area contributed by atoms with Gasteiger partial charge in [-0.2, -0.15) is 0 Å². The van der Waals surface area contributed by atoms with Crippen molar-refractivity contribution in [3.63, 3.8) is 0 Å². The summed E-state index contributed by atoms with van der Waals surface area (Å²) in [4.78, 5) is 26.2. The Morgan fingerprint density at radius 3 is 1.29 bits per heavy atom. The number of aliphatic hydroxyl groups excluding tert-OH is 2. The zero-order valence-electron chi connectivity index (χ0n) is 42.9. The fourth-order valence-corrected chi connectivity index (χ4v) is 8.11. The highest BCUT2D eigenvalue weighted by molar-refractivity contribution is 5.77. The van der Waals surface area contributed by atoms with Crippen LogP contribution < -0.4 is 5.32 Å². The molecule has 0 aromatic carbocycles. The van der Waals surface area contributed by atoms with Gasteiger partial charge < -0.3 is 20.3 Å². The second-order valence-corrected chi connectivity index (χ2v) is 18.6. The number of esters is 1. The molecule has 6 nitrogen and oxygen atoms in total. The van der Waals surface area contributed by atoms with Crippen LogP contribution in [0.2, 0.25) is 0 Å². The molecule has 3 unspecified atom stereocenters. The van der Waals surface area contributed by atoms with Crippen LogP contribution in [-0.4, -0.2) is 46.9 Å². The Kier molecular flexibility index (Phi) is 50.1. The minimum absolute atomic E-state index is 0.0428. The van der Waals surface area contributed by atoms with E-state index in [0.29, 0.717) is 25.7 Å². The van der Waals surface area contributed by atoms with Crippen molar-refractivity contribution in [2.45, 2.75) is 283 Å². The van der Waals surface area contributed by atoms with Crippen LogP contribution in [-0.2, 0) is 14.3 Å². The Morgan fingerprint density at radius 2 is 0.831 bits per heavy atom. The van der Waals surface area contributed by atoms with Crippen molar-refractivity contribution in [1.29, 1.82) is 0 Å². The summed E-state index contributed by atoms with van der Waals surface area (Å²) in [5.74, 6) is -0.555. The Labute approximate surface area is 402 Å². The summed E-state index contributed by atoms with van der Waals surface area (Å²) < 4.78 is 5.92. The van der Waals surface area contributed by atoms with Gasteiger partial charge in [0.2, 0.25) is 5.91 Å². The Morgan fingerprint density at radius 1 is 0.462 bits per heavy atom. The van der Waals surface area contributed by atoms with E-state index in [9.17, 15) is 19.8 Å². The quantitative estimate of drug-likeness (QED) is 0.0321. The summed E-state index contributed by atoms with van der Waals surface area (Å²) in [5.41, 5.74) is 0. The van der Waals surface area contributed by atoms with Gasteiger partial charge in [-0.25, -0.2) is 0 Å². The predicted molar refractivity (Wildman–Crippen MR) is 282 cm³/mol. The number of rotatable bonds is 49. The Balaban J connectivity index is 4.69. The van der Waals surface area contributed by atoms with Gasteiger partial charge in [0.15, 0.2) is 0 Å². The summed E-state index contributed by atoms with van der Waals surface area (Å²) >= 11 is 0. The summed E-state index contributed by atoms with van der Waals surface area (Å²) in [6.07, 6.45) is 66.8. The monoisotopic (exact) mass is 908 g/mol. The van der Waals surface area contributed by atoms with Crippen LogP contribution in [0.4, 0.5) is 0 Å². The first-order valence-corrected chi connectivity index (χ1v) is 27.7. The second kappa shape index (κ2) is 52.3. The number of ether oxygens (including phenoxy) is 1. The summed E-state index contributed by atoms with van der Waals surface area (Å²) in [5, 5.41) is 23.8. The average molecular weight is 908 g/mol. The van der Waals surface area contributed by atoms with Crippen LogP contribution in [0.1, 0.15) is 265 Å². The van der Waals surface area contributed by atoms with Gasteiger partial charge in [0, 0.05) is 6.42 Å². The first-order chi connectivity index (χ1) is 32.0. The van der Waals surface area contributed by atoms with Crippen LogP contribution in [0.3, 0.4) is 0 Å². The van der Waals surface area contributed by atoms with E-state index in [1.807, 2.05) is 0 Å². The van der Waals surface area contributed by atoms with Gasteiger partial charge in [0.25, 0.3) is 0 Å². The number of hydrogen-bond donors (Lipinski definition) is 3. The van der Waals surface area contributed by atoms with Gasteiger partial charge >= 0.3 is 5.97 Å². The Hall–Kier alpha value is -2.70. The zero-order chi connectivity index (χ0) is 47.4. The summed E-state index contributed by atoms with van der Waals surface area (Å²) in [6, 6.07) is -0.720. The summed E-state index contributed by atoms with van der Waals surface area (Å²) in [7, 11) is 0. The van der Waals surface area contributed by atoms with Crippen molar-refractivity contribution in [3.8, 4) is 0 Å². The molecule has 3 N–H and O–H groups in total. The molecule has 0 bridgehead atoms. The molecule has 0 fully saturated rings. The largest absolute Gasteiger partial charge is 0.462 e. The molecular formula is C59H105NO5. The van der Waals surface area contributed by atoms with Crippen LogP contribution >= 0.6 is 0 Å². The molecule has 0 aliphatic carbocycles. The van der Waals surface area contributed by atoms with Gasteiger partial charge in [0.05, 0.1) is 25.2 Å². The van der Waals surface area contributed by atoms with Crippen molar-refractivity contribution in [3.05, 3.63) is 72.9 Å².